The number of aromatic nitrogens is 2. The summed E-state index contributed by atoms with van der Waals surface area (Å²) in [6, 6.07) is 9.16. The zero-order chi connectivity index (χ0) is 18.4. The lowest BCUT2D eigenvalue weighted by atomic mass is 10.1. The Hall–Kier alpha value is -2.77. The highest BCUT2D eigenvalue weighted by atomic mass is 32.1. The molecule has 0 aliphatic rings. The number of carbonyl (C=O) groups is 1. The van der Waals surface area contributed by atoms with Crippen LogP contribution >= 0.6 is 11.3 Å². The van der Waals surface area contributed by atoms with E-state index >= 15 is 0 Å². The Balaban J connectivity index is 1.78. The van der Waals surface area contributed by atoms with Gasteiger partial charge in [0.2, 0.25) is 0 Å². The van der Waals surface area contributed by atoms with Crippen molar-refractivity contribution < 1.29 is 14.3 Å². The van der Waals surface area contributed by atoms with Crippen LogP contribution in [0.15, 0.2) is 48.1 Å². The number of ether oxygens (including phenoxy) is 2. The highest BCUT2D eigenvalue weighted by Crippen LogP contribution is 2.29. The summed E-state index contributed by atoms with van der Waals surface area (Å²) in [6.45, 7) is 3.06. The fraction of sp³-hybridized carbons (Fsp3) is 0.211. The van der Waals surface area contributed by atoms with Crippen molar-refractivity contribution >= 4 is 22.4 Å². The van der Waals surface area contributed by atoms with E-state index in [1.54, 1.807) is 31.6 Å². The summed E-state index contributed by atoms with van der Waals surface area (Å²) in [5.41, 5.74) is 3.24. The van der Waals surface area contributed by atoms with Gasteiger partial charge in [-0.05, 0) is 37.3 Å². The first-order valence-electron chi connectivity index (χ1n) is 8.13. The fourth-order valence-electron chi connectivity index (χ4n) is 2.40. The first-order chi connectivity index (χ1) is 12.7. The number of nitrogens with one attached hydrogen (secondary N) is 1. The van der Waals surface area contributed by atoms with E-state index in [-0.39, 0.29) is 5.91 Å². The second-order valence-corrected chi connectivity index (χ2v) is 6.25. The van der Waals surface area contributed by atoms with Crippen molar-refractivity contribution in [3.63, 3.8) is 0 Å². The molecule has 0 aliphatic carbocycles. The van der Waals surface area contributed by atoms with Crippen molar-refractivity contribution in [1.29, 1.82) is 0 Å². The molecule has 0 saturated heterocycles. The standard InChI is InChI=1S/C19H19N3O3S/c1-3-25-11-15-10-14(4-5-17(15)24-2)16-12-26-19(21-16)22-18(23)13-6-8-20-9-7-13/h4-10,12H,3,11H2,1-2H3,(H,21,22,23). The Kier molecular flexibility index (Phi) is 5.93. The van der Waals surface area contributed by atoms with Crippen molar-refractivity contribution in [2.45, 2.75) is 13.5 Å². The first-order valence-corrected chi connectivity index (χ1v) is 9.01. The van der Waals surface area contributed by atoms with Gasteiger partial charge in [0.05, 0.1) is 19.4 Å². The minimum atomic E-state index is -0.208. The van der Waals surface area contributed by atoms with Crippen LogP contribution in [0, 0.1) is 0 Å². The van der Waals surface area contributed by atoms with Crippen LogP contribution in [0.3, 0.4) is 0 Å². The molecule has 0 bridgehead atoms. The lowest BCUT2D eigenvalue weighted by molar-refractivity contribution is 0.102. The van der Waals surface area contributed by atoms with Gasteiger partial charge in [0.25, 0.3) is 5.91 Å². The van der Waals surface area contributed by atoms with Crippen LogP contribution in [0.4, 0.5) is 5.13 Å². The zero-order valence-corrected chi connectivity index (χ0v) is 15.4. The Morgan fingerprint density at radius 3 is 2.77 bits per heavy atom. The number of pyridine rings is 1. The van der Waals surface area contributed by atoms with Gasteiger partial charge in [-0.3, -0.25) is 15.1 Å². The van der Waals surface area contributed by atoms with Crippen LogP contribution in [0.25, 0.3) is 11.3 Å². The SMILES string of the molecule is CCOCc1cc(-c2csc(NC(=O)c3ccncc3)n2)ccc1OC. The molecular formula is C19H19N3O3S. The summed E-state index contributed by atoms with van der Waals surface area (Å²) >= 11 is 1.38. The third-order valence-electron chi connectivity index (χ3n) is 3.71. The first kappa shape index (κ1) is 18.0. The maximum absolute atomic E-state index is 12.2. The maximum Gasteiger partial charge on any atom is 0.257 e. The molecule has 0 atom stereocenters. The molecule has 1 amide bonds. The van der Waals surface area contributed by atoms with E-state index in [9.17, 15) is 4.79 Å². The Bertz CT molecular complexity index is 881. The number of benzene rings is 1. The van der Waals surface area contributed by atoms with Gasteiger partial charge in [-0.25, -0.2) is 4.98 Å². The molecule has 7 heteroatoms. The number of methoxy groups -OCH3 is 1. The van der Waals surface area contributed by atoms with Gasteiger partial charge >= 0.3 is 0 Å². The second kappa shape index (κ2) is 8.55. The number of thiazole rings is 1. The largest absolute Gasteiger partial charge is 0.496 e. The minimum absolute atomic E-state index is 0.208. The van der Waals surface area contributed by atoms with E-state index in [0.717, 1.165) is 22.6 Å². The van der Waals surface area contributed by atoms with Gasteiger partial charge in [-0.2, -0.15) is 0 Å². The zero-order valence-electron chi connectivity index (χ0n) is 14.6. The molecule has 1 N–H and O–H groups in total. The molecule has 2 heterocycles. The minimum Gasteiger partial charge on any atom is -0.496 e. The van der Waals surface area contributed by atoms with E-state index in [1.165, 1.54) is 11.3 Å². The van der Waals surface area contributed by atoms with Crippen LogP contribution in [0.2, 0.25) is 0 Å². The van der Waals surface area contributed by atoms with E-state index in [0.29, 0.717) is 23.9 Å². The van der Waals surface area contributed by atoms with E-state index in [4.69, 9.17) is 9.47 Å². The second-order valence-electron chi connectivity index (χ2n) is 5.39. The molecule has 0 unspecified atom stereocenters. The van der Waals surface area contributed by atoms with Crippen molar-refractivity contribution in [1.82, 2.24) is 9.97 Å². The molecule has 0 spiro atoms. The number of nitrogens with zero attached hydrogens (tertiary/aromatic N) is 2. The summed E-state index contributed by atoms with van der Waals surface area (Å²) in [6.07, 6.45) is 3.17. The average molecular weight is 369 g/mol. The Labute approximate surface area is 155 Å². The van der Waals surface area contributed by atoms with Crippen LogP contribution in [-0.4, -0.2) is 29.6 Å². The lowest BCUT2D eigenvalue weighted by Gasteiger charge is -2.10. The van der Waals surface area contributed by atoms with Gasteiger partial charge in [-0.1, -0.05) is 0 Å². The van der Waals surface area contributed by atoms with Crippen LogP contribution in [-0.2, 0) is 11.3 Å². The molecule has 0 aliphatic heterocycles. The van der Waals surface area contributed by atoms with E-state index in [2.05, 4.69) is 15.3 Å². The van der Waals surface area contributed by atoms with Crippen molar-refractivity contribution in [3.8, 4) is 17.0 Å². The third-order valence-corrected chi connectivity index (χ3v) is 4.46. The number of anilines is 1. The maximum atomic E-state index is 12.2. The van der Waals surface area contributed by atoms with Gasteiger partial charge < -0.3 is 9.47 Å². The van der Waals surface area contributed by atoms with Crippen molar-refractivity contribution in [2.75, 3.05) is 19.0 Å². The van der Waals surface area contributed by atoms with Gasteiger partial charge in [0.15, 0.2) is 5.13 Å². The Morgan fingerprint density at radius 1 is 1.23 bits per heavy atom. The highest BCUT2D eigenvalue weighted by molar-refractivity contribution is 7.14. The van der Waals surface area contributed by atoms with Crippen LogP contribution in [0.1, 0.15) is 22.8 Å². The van der Waals surface area contributed by atoms with E-state index in [1.807, 2.05) is 30.5 Å². The van der Waals surface area contributed by atoms with E-state index < -0.39 is 0 Å². The topological polar surface area (TPSA) is 73.3 Å². The molecule has 26 heavy (non-hydrogen) atoms. The normalized spacial score (nSPS) is 10.5. The van der Waals surface area contributed by atoms with Crippen LogP contribution in [0.5, 0.6) is 5.75 Å². The lowest BCUT2D eigenvalue weighted by Crippen LogP contribution is -2.11. The molecule has 0 fully saturated rings. The monoisotopic (exact) mass is 369 g/mol. The highest BCUT2D eigenvalue weighted by Gasteiger charge is 2.12. The summed E-state index contributed by atoms with van der Waals surface area (Å²) in [5.74, 6) is 0.573. The number of hydrogen-bond donors (Lipinski definition) is 1. The third kappa shape index (κ3) is 4.25. The summed E-state index contributed by atoms with van der Waals surface area (Å²) in [5, 5.41) is 5.27. The quantitative estimate of drug-likeness (QED) is 0.681. The summed E-state index contributed by atoms with van der Waals surface area (Å²) < 4.78 is 10.9. The molecule has 3 rings (SSSR count). The fourth-order valence-corrected chi connectivity index (χ4v) is 3.11. The van der Waals surface area contributed by atoms with Gasteiger partial charge in [0, 0.05) is 41.1 Å². The number of rotatable bonds is 7. The van der Waals surface area contributed by atoms with Crippen molar-refractivity contribution in [2.24, 2.45) is 0 Å². The molecule has 0 radical (unpaired) electrons. The summed E-state index contributed by atoms with van der Waals surface area (Å²) in [4.78, 5) is 20.6. The number of hydrogen-bond acceptors (Lipinski definition) is 6. The predicted octanol–water partition coefficient (Wildman–Crippen LogP) is 4.00. The molecule has 3 aromatic rings. The Morgan fingerprint density at radius 2 is 2.04 bits per heavy atom. The average Bonchev–Trinajstić information content (AvgIpc) is 3.15. The van der Waals surface area contributed by atoms with Crippen molar-refractivity contribution in [3.05, 3.63) is 59.2 Å². The number of carbonyl (C=O) groups excluding carboxylic acids is 1. The van der Waals surface area contributed by atoms with Crippen LogP contribution < -0.4 is 10.1 Å². The molecule has 1 aromatic carbocycles. The molecule has 6 nitrogen and oxygen atoms in total. The van der Waals surface area contributed by atoms with Gasteiger partial charge in [0.1, 0.15) is 5.75 Å². The summed E-state index contributed by atoms with van der Waals surface area (Å²) in [7, 11) is 1.64. The smallest absolute Gasteiger partial charge is 0.257 e. The molecular weight excluding hydrogens is 350 g/mol. The van der Waals surface area contributed by atoms with Gasteiger partial charge in [-0.15, -0.1) is 11.3 Å². The molecule has 134 valence electrons. The predicted molar refractivity (Wildman–Crippen MR) is 102 cm³/mol. The molecule has 0 saturated carbocycles. The number of amides is 1. The molecule has 2 aromatic heterocycles.